The monoisotopic (exact) mass is 443 g/mol. The third kappa shape index (κ3) is 5.02. The van der Waals surface area contributed by atoms with Crippen molar-refractivity contribution in [2.45, 2.75) is 19.9 Å². The highest BCUT2D eigenvalue weighted by Gasteiger charge is 2.19. The van der Waals surface area contributed by atoms with E-state index in [-0.39, 0.29) is 10.8 Å². The second-order valence-corrected chi connectivity index (χ2v) is 7.84. The summed E-state index contributed by atoms with van der Waals surface area (Å²) in [6, 6.07) is 11.7. The molecule has 0 saturated carbocycles. The van der Waals surface area contributed by atoms with E-state index in [1.54, 1.807) is 16.9 Å². The lowest BCUT2D eigenvalue weighted by Crippen LogP contribution is -2.22. The maximum Gasteiger partial charge on any atom is 0.340 e. The van der Waals surface area contributed by atoms with Crippen molar-refractivity contribution >= 4 is 51.2 Å². The molecule has 0 saturated heterocycles. The standard InChI is InChI=1S/C20H21N5O3S2/c1-3-25-11-15(16(24-25)17(21)26)22-20(29)23-18-14(19(27)28-2)10-13(30-18)9-12-7-5-4-6-8-12/h4-8,10-11H,3,9H2,1-2H3,(H2,21,26)(H2,22,23,29). The minimum Gasteiger partial charge on any atom is -0.465 e. The Hall–Kier alpha value is -3.24. The van der Waals surface area contributed by atoms with Gasteiger partial charge in [-0.15, -0.1) is 11.3 Å². The van der Waals surface area contributed by atoms with Crippen molar-refractivity contribution in [3.63, 3.8) is 0 Å². The average molecular weight is 444 g/mol. The molecule has 0 radical (unpaired) electrons. The first kappa shape index (κ1) is 21.5. The molecule has 0 fully saturated rings. The minimum absolute atomic E-state index is 0.0881. The number of esters is 1. The van der Waals surface area contributed by atoms with Gasteiger partial charge in [-0.3, -0.25) is 9.48 Å². The van der Waals surface area contributed by atoms with Crippen LogP contribution in [0.3, 0.4) is 0 Å². The number of nitrogens with zero attached hydrogens (tertiary/aromatic N) is 2. The highest BCUT2D eigenvalue weighted by molar-refractivity contribution is 7.80. The molecular weight excluding hydrogens is 422 g/mol. The Morgan fingerprint density at radius 2 is 2.00 bits per heavy atom. The van der Waals surface area contributed by atoms with E-state index >= 15 is 0 Å². The molecule has 0 spiro atoms. The summed E-state index contributed by atoms with van der Waals surface area (Å²) in [6.07, 6.45) is 2.32. The number of anilines is 2. The summed E-state index contributed by atoms with van der Waals surface area (Å²) in [6.45, 7) is 2.46. The minimum atomic E-state index is -0.663. The zero-order chi connectivity index (χ0) is 21.7. The first-order valence-electron chi connectivity index (χ1n) is 9.11. The topological polar surface area (TPSA) is 111 Å². The van der Waals surface area contributed by atoms with E-state index in [2.05, 4.69) is 15.7 Å². The van der Waals surface area contributed by atoms with Gasteiger partial charge < -0.3 is 21.1 Å². The van der Waals surface area contributed by atoms with Crippen LogP contribution in [0, 0.1) is 0 Å². The zero-order valence-corrected chi connectivity index (χ0v) is 18.1. The van der Waals surface area contributed by atoms with E-state index in [1.807, 2.05) is 37.3 Å². The van der Waals surface area contributed by atoms with Crippen LogP contribution >= 0.6 is 23.6 Å². The number of primary amides is 1. The van der Waals surface area contributed by atoms with Gasteiger partial charge in [0.15, 0.2) is 10.8 Å². The number of hydrogen-bond donors (Lipinski definition) is 3. The number of carbonyl (C=O) groups excluding carboxylic acids is 2. The van der Waals surface area contributed by atoms with Gasteiger partial charge in [0.1, 0.15) is 5.00 Å². The summed E-state index contributed by atoms with van der Waals surface area (Å²) in [5.41, 5.74) is 7.38. The summed E-state index contributed by atoms with van der Waals surface area (Å²) >= 11 is 6.78. The summed E-state index contributed by atoms with van der Waals surface area (Å²) in [4.78, 5) is 24.8. The van der Waals surface area contributed by atoms with Gasteiger partial charge in [0.05, 0.1) is 18.4 Å². The van der Waals surface area contributed by atoms with E-state index in [0.29, 0.717) is 29.2 Å². The summed E-state index contributed by atoms with van der Waals surface area (Å²) < 4.78 is 6.48. The highest BCUT2D eigenvalue weighted by Crippen LogP contribution is 2.31. The van der Waals surface area contributed by atoms with Crippen molar-refractivity contribution < 1.29 is 14.3 Å². The summed E-state index contributed by atoms with van der Waals surface area (Å²) in [7, 11) is 1.33. The number of nitrogens with two attached hydrogens (primary N) is 1. The number of amides is 1. The third-order valence-electron chi connectivity index (χ3n) is 4.20. The Labute approximate surface area is 183 Å². The molecule has 0 bridgehead atoms. The van der Waals surface area contributed by atoms with E-state index in [0.717, 1.165) is 10.4 Å². The van der Waals surface area contributed by atoms with Gasteiger partial charge in [0, 0.05) is 24.0 Å². The lowest BCUT2D eigenvalue weighted by atomic mass is 10.1. The highest BCUT2D eigenvalue weighted by atomic mass is 32.1. The quantitative estimate of drug-likeness (QED) is 0.380. The molecule has 2 aromatic heterocycles. The zero-order valence-electron chi connectivity index (χ0n) is 16.5. The van der Waals surface area contributed by atoms with Crippen LogP contribution in [0.4, 0.5) is 10.7 Å². The smallest absolute Gasteiger partial charge is 0.340 e. The fourth-order valence-electron chi connectivity index (χ4n) is 2.79. The molecule has 156 valence electrons. The number of rotatable bonds is 7. The van der Waals surface area contributed by atoms with Gasteiger partial charge in [-0.2, -0.15) is 5.10 Å². The Morgan fingerprint density at radius 1 is 1.27 bits per heavy atom. The van der Waals surface area contributed by atoms with Gasteiger partial charge >= 0.3 is 5.97 Å². The predicted octanol–water partition coefficient (Wildman–Crippen LogP) is 3.25. The van der Waals surface area contributed by atoms with Gasteiger partial charge in [0.25, 0.3) is 5.91 Å². The fraction of sp³-hybridized carbons (Fsp3) is 0.200. The lowest BCUT2D eigenvalue weighted by molar-refractivity contribution is 0.0602. The van der Waals surface area contributed by atoms with Crippen molar-refractivity contribution in [3.05, 3.63) is 64.3 Å². The number of aromatic nitrogens is 2. The molecule has 8 nitrogen and oxygen atoms in total. The largest absolute Gasteiger partial charge is 0.465 e. The van der Waals surface area contributed by atoms with Crippen molar-refractivity contribution in [1.82, 2.24) is 9.78 Å². The second-order valence-electron chi connectivity index (χ2n) is 6.30. The molecule has 10 heteroatoms. The third-order valence-corrected chi connectivity index (χ3v) is 5.46. The van der Waals surface area contributed by atoms with Gasteiger partial charge in [-0.05, 0) is 30.8 Å². The molecule has 0 aliphatic heterocycles. The van der Waals surface area contributed by atoms with Gasteiger partial charge in [-0.25, -0.2) is 4.79 Å². The van der Waals surface area contributed by atoms with Crippen molar-refractivity contribution in [2.75, 3.05) is 17.7 Å². The Bertz CT molecular complexity index is 1080. The predicted molar refractivity (Wildman–Crippen MR) is 121 cm³/mol. The molecule has 3 rings (SSSR count). The molecule has 30 heavy (non-hydrogen) atoms. The van der Waals surface area contributed by atoms with Crippen molar-refractivity contribution in [1.29, 1.82) is 0 Å². The molecule has 4 N–H and O–H groups in total. The first-order chi connectivity index (χ1) is 14.4. The number of aryl methyl sites for hydroxylation is 1. The fourth-order valence-corrected chi connectivity index (χ4v) is 4.15. The Balaban J connectivity index is 1.81. The molecule has 0 unspecified atom stereocenters. The van der Waals surface area contributed by atoms with Crippen LogP contribution in [0.1, 0.15) is 38.2 Å². The van der Waals surface area contributed by atoms with Crippen molar-refractivity contribution in [2.24, 2.45) is 5.73 Å². The summed E-state index contributed by atoms with van der Waals surface area (Å²) in [5.74, 6) is -1.13. The van der Waals surface area contributed by atoms with E-state index in [1.165, 1.54) is 18.4 Å². The SMILES string of the molecule is CCn1cc(NC(=S)Nc2sc(Cc3ccccc3)cc2C(=O)OC)c(C(N)=O)n1. The van der Waals surface area contributed by atoms with Crippen LogP contribution in [0.15, 0.2) is 42.6 Å². The number of thiocarbonyl (C=S) groups is 1. The second kappa shape index (κ2) is 9.51. The molecule has 1 aromatic carbocycles. The molecule has 1 amide bonds. The maximum absolute atomic E-state index is 12.2. The van der Waals surface area contributed by atoms with Crippen molar-refractivity contribution in [3.8, 4) is 0 Å². The molecule has 0 aliphatic carbocycles. The molecule has 0 atom stereocenters. The average Bonchev–Trinajstić information content (AvgIpc) is 3.32. The summed E-state index contributed by atoms with van der Waals surface area (Å²) in [5, 5.41) is 10.8. The maximum atomic E-state index is 12.2. The number of benzene rings is 1. The first-order valence-corrected chi connectivity index (χ1v) is 10.3. The van der Waals surface area contributed by atoms with E-state index in [9.17, 15) is 9.59 Å². The lowest BCUT2D eigenvalue weighted by Gasteiger charge is -2.09. The number of thiophene rings is 1. The number of hydrogen-bond acceptors (Lipinski definition) is 6. The van der Waals surface area contributed by atoms with Crippen LogP contribution in [-0.2, 0) is 17.7 Å². The number of carbonyl (C=O) groups is 2. The number of nitrogens with one attached hydrogen (secondary N) is 2. The molecular formula is C20H21N5O3S2. The Kier molecular flexibility index (Phi) is 6.80. The molecule has 2 heterocycles. The van der Waals surface area contributed by atoms with Crippen LogP contribution < -0.4 is 16.4 Å². The molecule has 0 aliphatic rings. The molecule has 3 aromatic rings. The van der Waals surface area contributed by atoms with E-state index < -0.39 is 11.9 Å². The Morgan fingerprint density at radius 3 is 2.63 bits per heavy atom. The number of methoxy groups -OCH3 is 1. The van der Waals surface area contributed by atoms with Gasteiger partial charge in [0.2, 0.25) is 0 Å². The normalized spacial score (nSPS) is 10.5. The van der Waals surface area contributed by atoms with Crippen LogP contribution in [-0.4, -0.2) is 33.9 Å². The number of ether oxygens (including phenoxy) is 1. The van der Waals surface area contributed by atoms with Crippen LogP contribution in [0.25, 0.3) is 0 Å². The van der Waals surface area contributed by atoms with Crippen LogP contribution in [0.5, 0.6) is 0 Å². The van der Waals surface area contributed by atoms with E-state index in [4.69, 9.17) is 22.7 Å². The van der Waals surface area contributed by atoms with Crippen LogP contribution in [0.2, 0.25) is 0 Å². The van der Waals surface area contributed by atoms with Gasteiger partial charge in [-0.1, -0.05) is 30.3 Å².